The van der Waals surface area contributed by atoms with Gasteiger partial charge in [-0.25, -0.2) is 5.84 Å². The monoisotopic (exact) mass is 272 g/mol. The molecule has 1 aliphatic carbocycles. The molecule has 0 unspecified atom stereocenters. The molecule has 1 fully saturated rings. The van der Waals surface area contributed by atoms with E-state index in [1.165, 1.54) is 38.5 Å². The number of guanidine groups is 1. The largest absolute Gasteiger partial charge is 0.355 e. The van der Waals surface area contributed by atoms with Gasteiger partial charge in [0.1, 0.15) is 0 Å². The van der Waals surface area contributed by atoms with Crippen molar-refractivity contribution < 1.29 is 0 Å². The first-order valence-electron chi connectivity index (χ1n) is 7.06. The summed E-state index contributed by atoms with van der Waals surface area (Å²) in [6.07, 6.45) is 11.2. The van der Waals surface area contributed by atoms with Crippen LogP contribution >= 0.6 is 11.8 Å². The van der Waals surface area contributed by atoms with Gasteiger partial charge in [-0.05, 0) is 25.5 Å². The van der Waals surface area contributed by atoms with Gasteiger partial charge < -0.3 is 5.32 Å². The summed E-state index contributed by atoms with van der Waals surface area (Å²) in [4.78, 5) is 4.63. The van der Waals surface area contributed by atoms with Gasteiger partial charge >= 0.3 is 0 Å². The molecule has 0 heterocycles. The van der Waals surface area contributed by atoms with Crippen molar-refractivity contribution in [1.82, 2.24) is 10.7 Å². The van der Waals surface area contributed by atoms with Crippen LogP contribution in [0.1, 0.15) is 51.9 Å². The van der Waals surface area contributed by atoms with E-state index in [4.69, 9.17) is 5.84 Å². The Labute approximate surface area is 116 Å². The van der Waals surface area contributed by atoms with Crippen LogP contribution in [0.5, 0.6) is 0 Å². The zero-order valence-electron chi connectivity index (χ0n) is 11.8. The highest BCUT2D eigenvalue weighted by Gasteiger charge is 2.30. The Hall–Kier alpha value is -0.420. The van der Waals surface area contributed by atoms with Gasteiger partial charge in [0.25, 0.3) is 0 Å². The zero-order chi connectivity index (χ0) is 13.3. The van der Waals surface area contributed by atoms with Crippen LogP contribution in [-0.2, 0) is 0 Å². The first-order chi connectivity index (χ1) is 8.76. The minimum Gasteiger partial charge on any atom is -0.355 e. The fourth-order valence-electron chi connectivity index (χ4n) is 2.38. The molecule has 0 spiro atoms. The summed E-state index contributed by atoms with van der Waals surface area (Å²) in [5.74, 6) is 6.24. The smallest absolute Gasteiger partial charge is 0.205 e. The normalized spacial score (nSPS) is 19.6. The second kappa shape index (κ2) is 8.64. The number of hydrazine groups is 1. The summed E-state index contributed by atoms with van der Waals surface area (Å²) in [6, 6.07) is 0. The van der Waals surface area contributed by atoms with Crippen molar-refractivity contribution in [2.45, 2.75) is 56.6 Å². The molecule has 0 radical (unpaired) electrons. The number of nitrogens with one attached hydrogen (secondary N) is 2. The van der Waals surface area contributed by atoms with Gasteiger partial charge in [0.05, 0.1) is 6.54 Å². The van der Waals surface area contributed by atoms with Gasteiger partial charge in [-0.15, -0.1) is 0 Å². The van der Waals surface area contributed by atoms with E-state index in [1.807, 2.05) is 11.8 Å². The van der Waals surface area contributed by atoms with Crippen LogP contribution in [-0.4, -0.2) is 30.1 Å². The summed E-state index contributed by atoms with van der Waals surface area (Å²) in [6.45, 7) is 3.98. The van der Waals surface area contributed by atoms with E-state index in [1.54, 1.807) is 0 Å². The first-order valence-corrected chi connectivity index (χ1v) is 8.29. The SMILES string of the molecule is CCCCNC(=NCC1(SC)CCCCC1)NN. The van der Waals surface area contributed by atoms with E-state index in [2.05, 4.69) is 28.9 Å². The predicted molar refractivity (Wildman–Crippen MR) is 81.9 cm³/mol. The molecule has 0 bridgehead atoms. The molecule has 1 saturated carbocycles. The average Bonchev–Trinajstić information content (AvgIpc) is 2.43. The number of rotatable bonds is 6. The number of nitrogens with two attached hydrogens (primary N) is 1. The highest BCUT2D eigenvalue weighted by molar-refractivity contribution is 8.00. The van der Waals surface area contributed by atoms with E-state index < -0.39 is 0 Å². The molecule has 1 aliphatic rings. The van der Waals surface area contributed by atoms with E-state index in [0.29, 0.717) is 4.75 Å². The molecule has 106 valence electrons. The third-order valence-corrected chi connectivity index (χ3v) is 5.09. The standard InChI is InChI=1S/C13H28N4S/c1-3-4-10-15-12(17-14)16-11-13(18-2)8-6-5-7-9-13/h3-11,14H2,1-2H3,(H2,15,16,17). The van der Waals surface area contributed by atoms with Crippen LogP contribution < -0.4 is 16.6 Å². The van der Waals surface area contributed by atoms with Gasteiger partial charge in [0, 0.05) is 11.3 Å². The van der Waals surface area contributed by atoms with E-state index >= 15 is 0 Å². The maximum Gasteiger partial charge on any atom is 0.205 e. The van der Waals surface area contributed by atoms with E-state index in [0.717, 1.165) is 25.5 Å². The van der Waals surface area contributed by atoms with Crippen molar-refractivity contribution in [3.63, 3.8) is 0 Å². The summed E-state index contributed by atoms with van der Waals surface area (Å²) in [5, 5.41) is 3.26. The molecule has 0 amide bonds. The molecular weight excluding hydrogens is 244 g/mol. The molecule has 0 aromatic heterocycles. The maximum absolute atomic E-state index is 5.51. The summed E-state index contributed by atoms with van der Waals surface area (Å²) in [7, 11) is 0. The fourth-order valence-corrected chi connectivity index (χ4v) is 3.27. The van der Waals surface area contributed by atoms with E-state index in [9.17, 15) is 0 Å². The Bertz CT molecular complexity index is 249. The first kappa shape index (κ1) is 15.6. The lowest BCUT2D eigenvalue weighted by Crippen LogP contribution is -2.43. The van der Waals surface area contributed by atoms with Crippen molar-refractivity contribution in [2.24, 2.45) is 10.8 Å². The predicted octanol–water partition coefficient (Wildman–Crippen LogP) is 2.26. The summed E-state index contributed by atoms with van der Waals surface area (Å²) in [5.41, 5.74) is 2.67. The quantitative estimate of drug-likeness (QED) is 0.228. The van der Waals surface area contributed by atoms with Crippen molar-refractivity contribution in [2.75, 3.05) is 19.3 Å². The van der Waals surface area contributed by atoms with Crippen molar-refractivity contribution in [3.05, 3.63) is 0 Å². The molecule has 0 aromatic rings. The van der Waals surface area contributed by atoms with Crippen molar-refractivity contribution in [1.29, 1.82) is 0 Å². The van der Waals surface area contributed by atoms with Gasteiger partial charge in [0.2, 0.25) is 5.96 Å². The number of aliphatic imine (C=N–C) groups is 1. The Morgan fingerprint density at radius 1 is 1.33 bits per heavy atom. The van der Waals surface area contributed by atoms with Gasteiger partial charge in [-0.1, -0.05) is 32.6 Å². The average molecular weight is 272 g/mol. The molecule has 4 N–H and O–H groups in total. The number of thioether (sulfide) groups is 1. The van der Waals surface area contributed by atoms with Crippen LogP contribution in [0.15, 0.2) is 4.99 Å². The number of hydrogen-bond donors (Lipinski definition) is 3. The topological polar surface area (TPSA) is 62.4 Å². The highest BCUT2D eigenvalue weighted by atomic mass is 32.2. The van der Waals surface area contributed by atoms with E-state index in [-0.39, 0.29) is 0 Å². The van der Waals surface area contributed by atoms with Gasteiger partial charge in [-0.2, -0.15) is 11.8 Å². The molecule has 0 aromatic carbocycles. The molecule has 0 atom stereocenters. The Morgan fingerprint density at radius 2 is 2.06 bits per heavy atom. The van der Waals surface area contributed by atoms with Gasteiger partial charge in [0.15, 0.2) is 0 Å². The van der Waals surface area contributed by atoms with Gasteiger partial charge in [-0.3, -0.25) is 10.4 Å². The van der Waals surface area contributed by atoms with Crippen LogP contribution in [0.3, 0.4) is 0 Å². The van der Waals surface area contributed by atoms with Crippen LogP contribution in [0, 0.1) is 0 Å². The number of unbranched alkanes of at least 4 members (excludes halogenated alkanes) is 1. The molecule has 4 nitrogen and oxygen atoms in total. The highest BCUT2D eigenvalue weighted by Crippen LogP contribution is 2.38. The maximum atomic E-state index is 5.51. The lowest BCUT2D eigenvalue weighted by atomic mass is 9.88. The molecule has 5 heteroatoms. The fraction of sp³-hybridized carbons (Fsp3) is 0.923. The third kappa shape index (κ3) is 5.06. The lowest BCUT2D eigenvalue weighted by molar-refractivity contribution is 0.404. The second-order valence-electron chi connectivity index (χ2n) is 5.04. The Morgan fingerprint density at radius 3 is 2.61 bits per heavy atom. The Kier molecular flexibility index (Phi) is 7.51. The summed E-state index contributed by atoms with van der Waals surface area (Å²) >= 11 is 1.97. The molecular formula is C13H28N4S. The molecule has 18 heavy (non-hydrogen) atoms. The summed E-state index contributed by atoms with van der Waals surface area (Å²) < 4.78 is 0.340. The van der Waals surface area contributed by atoms with Crippen molar-refractivity contribution >= 4 is 17.7 Å². The minimum atomic E-state index is 0.340. The third-order valence-electron chi connectivity index (χ3n) is 3.68. The molecule has 0 aliphatic heterocycles. The number of nitrogens with zero attached hydrogens (tertiary/aromatic N) is 1. The second-order valence-corrected chi connectivity index (χ2v) is 6.31. The number of hydrogen-bond acceptors (Lipinski definition) is 3. The molecule has 0 saturated heterocycles. The van der Waals surface area contributed by atoms with Crippen LogP contribution in [0.25, 0.3) is 0 Å². The molecule has 1 rings (SSSR count). The zero-order valence-corrected chi connectivity index (χ0v) is 12.6. The lowest BCUT2D eigenvalue weighted by Gasteiger charge is -2.34. The van der Waals surface area contributed by atoms with Crippen LogP contribution in [0.2, 0.25) is 0 Å². The Balaban J connectivity index is 2.46. The minimum absolute atomic E-state index is 0.340. The van der Waals surface area contributed by atoms with Crippen molar-refractivity contribution in [3.8, 4) is 0 Å². The van der Waals surface area contributed by atoms with Crippen LogP contribution in [0.4, 0.5) is 0 Å².